The lowest BCUT2D eigenvalue weighted by Crippen LogP contribution is -1.91. The van der Waals surface area contributed by atoms with Crippen LogP contribution in [-0.2, 0) is 0 Å². The number of hydrogen-bond acceptors (Lipinski definition) is 6. The summed E-state index contributed by atoms with van der Waals surface area (Å²) in [6.45, 7) is 1.94. The van der Waals surface area contributed by atoms with Crippen LogP contribution in [0.2, 0.25) is 0 Å². The maximum atomic E-state index is 8.52. The summed E-state index contributed by atoms with van der Waals surface area (Å²) in [6, 6.07) is 23.3. The second-order valence-corrected chi connectivity index (χ2v) is 5.56. The summed E-state index contributed by atoms with van der Waals surface area (Å²) in [5.74, 6) is 0. The third-order valence-corrected chi connectivity index (χ3v) is 3.38. The van der Waals surface area contributed by atoms with Crippen molar-refractivity contribution in [3.8, 4) is 12.1 Å². The first-order valence-corrected chi connectivity index (χ1v) is 7.99. The number of para-hydroxylation sites is 1. The standard InChI is InChI=1S/C8H5N3.C7H10N2.C6H7N/c9-4-6-1-2-8(11)3-7(6)5-10;1-5-4-6(8)2-3-7(5)9;7-6-4-2-1-3-5-6/h1-3H,11H2;2-4H,8-9H2,1H3;1-5H,7H2. The summed E-state index contributed by atoms with van der Waals surface area (Å²) in [4.78, 5) is 0. The Morgan fingerprint density at radius 1 is 0.630 bits per heavy atom. The molecule has 0 aliphatic heterocycles. The first-order valence-electron chi connectivity index (χ1n) is 7.99. The van der Waals surface area contributed by atoms with Gasteiger partial charge in [-0.2, -0.15) is 10.5 Å². The molecule has 27 heavy (non-hydrogen) atoms. The van der Waals surface area contributed by atoms with Crippen molar-refractivity contribution in [3.63, 3.8) is 0 Å². The van der Waals surface area contributed by atoms with Crippen molar-refractivity contribution in [1.82, 2.24) is 0 Å². The van der Waals surface area contributed by atoms with Gasteiger partial charge in [0, 0.05) is 22.7 Å². The summed E-state index contributed by atoms with van der Waals surface area (Å²) in [7, 11) is 0. The van der Waals surface area contributed by atoms with Crippen LogP contribution in [0, 0.1) is 29.6 Å². The van der Waals surface area contributed by atoms with Crippen LogP contribution in [0.15, 0.2) is 66.7 Å². The van der Waals surface area contributed by atoms with E-state index in [1.807, 2.05) is 61.5 Å². The van der Waals surface area contributed by atoms with E-state index < -0.39 is 0 Å². The van der Waals surface area contributed by atoms with Crippen LogP contribution in [0.3, 0.4) is 0 Å². The third-order valence-electron chi connectivity index (χ3n) is 3.38. The number of benzene rings is 3. The van der Waals surface area contributed by atoms with E-state index in [4.69, 9.17) is 33.5 Å². The van der Waals surface area contributed by atoms with Crippen LogP contribution in [0.1, 0.15) is 16.7 Å². The number of rotatable bonds is 0. The Morgan fingerprint density at radius 2 is 1.19 bits per heavy atom. The minimum Gasteiger partial charge on any atom is -0.399 e. The molecule has 0 atom stereocenters. The lowest BCUT2D eigenvalue weighted by molar-refractivity contribution is 1.43. The summed E-state index contributed by atoms with van der Waals surface area (Å²) in [5.41, 5.74) is 26.4. The van der Waals surface area contributed by atoms with Crippen molar-refractivity contribution in [3.05, 3.63) is 83.4 Å². The van der Waals surface area contributed by atoms with Crippen LogP contribution in [0.5, 0.6) is 0 Å². The Hall–Kier alpha value is -4.16. The molecule has 3 aromatic carbocycles. The van der Waals surface area contributed by atoms with E-state index in [9.17, 15) is 0 Å². The maximum Gasteiger partial charge on any atom is 0.101 e. The van der Waals surface area contributed by atoms with Crippen LogP contribution in [0.4, 0.5) is 22.7 Å². The van der Waals surface area contributed by atoms with E-state index in [1.165, 1.54) is 12.1 Å². The lowest BCUT2D eigenvalue weighted by Gasteiger charge is -1.98. The monoisotopic (exact) mass is 358 g/mol. The van der Waals surface area contributed by atoms with Crippen molar-refractivity contribution in [2.75, 3.05) is 22.9 Å². The molecule has 0 unspecified atom stereocenters. The highest BCUT2D eigenvalue weighted by Gasteiger charge is 1.99. The van der Waals surface area contributed by atoms with Crippen molar-refractivity contribution in [2.24, 2.45) is 0 Å². The van der Waals surface area contributed by atoms with Gasteiger partial charge in [-0.15, -0.1) is 0 Å². The molecule has 0 radical (unpaired) electrons. The SMILES string of the molecule is Cc1cc(N)ccc1N.N#Cc1ccc(N)cc1C#N.Nc1ccccc1. The van der Waals surface area contributed by atoms with Gasteiger partial charge in [-0.05, 0) is 61.0 Å². The zero-order valence-corrected chi connectivity index (χ0v) is 15.1. The molecule has 6 nitrogen and oxygen atoms in total. The largest absolute Gasteiger partial charge is 0.399 e. The van der Waals surface area contributed by atoms with E-state index in [0.29, 0.717) is 16.8 Å². The molecular weight excluding hydrogens is 336 g/mol. The number of nitriles is 2. The van der Waals surface area contributed by atoms with Crippen molar-refractivity contribution >= 4 is 22.7 Å². The van der Waals surface area contributed by atoms with E-state index in [-0.39, 0.29) is 0 Å². The highest BCUT2D eigenvalue weighted by atomic mass is 14.6. The van der Waals surface area contributed by atoms with E-state index in [0.717, 1.165) is 22.6 Å². The highest BCUT2D eigenvalue weighted by molar-refractivity contribution is 5.54. The summed E-state index contributed by atoms with van der Waals surface area (Å²) >= 11 is 0. The quantitative estimate of drug-likeness (QED) is 0.452. The molecule has 0 heterocycles. The molecule has 0 amide bonds. The van der Waals surface area contributed by atoms with Crippen molar-refractivity contribution in [2.45, 2.75) is 6.92 Å². The zero-order chi connectivity index (χ0) is 20.2. The zero-order valence-electron chi connectivity index (χ0n) is 15.1. The summed E-state index contributed by atoms with van der Waals surface area (Å²) in [5, 5.41) is 17.0. The van der Waals surface area contributed by atoms with Gasteiger partial charge in [0.25, 0.3) is 0 Å². The molecule has 0 aliphatic rings. The van der Waals surface area contributed by atoms with Gasteiger partial charge >= 0.3 is 0 Å². The van der Waals surface area contributed by atoms with E-state index in [1.54, 1.807) is 12.1 Å². The number of aryl methyl sites for hydroxylation is 1. The second-order valence-electron chi connectivity index (χ2n) is 5.56. The Bertz CT molecular complexity index is 953. The van der Waals surface area contributed by atoms with Gasteiger partial charge < -0.3 is 22.9 Å². The van der Waals surface area contributed by atoms with Gasteiger partial charge in [0.2, 0.25) is 0 Å². The minimum atomic E-state index is 0.326. The Balaban J connectivity index is 0.000000208. The third kappa shape index (κ3) is 7.51. The molecule has 0 aromatic heterocycles. The fraction of sp³-hybridized carbons (Fsp3) is 0.0476. The predicted molar refractivity (Wildman–Crippen MR) is 111 cm³/mol. The lowest BCUT2D eigenvalue weighted by atomic mass is 10.1. The fourth-order valence-electron chi connectivity index (χ4n) is 1.90. The number of hydrogen-bond donors (Lipinski definition) is 4. The van der Waals surface area contributed by atoms with Gasteiger partial charge in [0.15, 0.2) is 0 Å². The van der Waals surface area contributed by atoms with Gasteiger partial charge in [0.1, 0.15) is 12.1 Å². The summed E-state index contributed by atoms with van der Waals surface area (Å²) in [6.07, 6.45) is 0. The number of nitrogen functional groups attached to an aromatic ring is 4. The molecule has 0 aliphatic carbocycles. The average molecular weight is 358 g/mol. The number of anilines is 4. The van der Waals surface area contributed by atoms with Crippen LogP contribution in [0.25, 0.3) is 0 Å². The molecule has 0 spiro atoms. The topological polar surface area (TPSA) is 152 Å². The van der Waals surface area contributed by atoms with Crippen molar-refractivity contribution < 1.29 is 0 Å². The molecule has 0 saturated carbocycles. The second kappa shape index (κ2) is 10.7. The van der Waals surface area contributed by atoms with Gasteiger partial charge in [-0.3, -0.25) is 0 Å². The fourth-order valence-corrected chi connectivity index (χ4v) is 1.90. The molecule has 0 fully saturated rings. The molecule has 8 N–H and O–H groups in total. The molecule has 136 valence electrons. The Kier molecular flexibility index (Phi) is 8.24. The Labute approximate surface area is 159 Å². The molecule has 3 aromatic rings. The molecule has 6 heteroatoms. The molecular formula is C21H22N6. The van der Waals surface area contributed by atoms with Crippen LogP contribution in [-0.4, -0.2) is 0 Å². The Morgan fingerprint density at radius 3 is 1.63 bits per heavy atom. The average Bonchev–Trinajstić information content (AvgIpc) is 2.66. The van der Waals surface area contributed by atoms with Gasteiger partial charge in [-0.1, -0.05) is 18.2 Å². The number of nitrogens with zero attached hydrogens (tertiary/aromatic N) is 2. The summed E-state index contributed by atoms with van der Waals surface area (Å²) < 4.78 is 0. The van der Waals surface area contributed by atoms with Crippen LogP contribution >= 0.6 is 0 Å². The predicted octanol–water partition coefficient (Wildman–Crippen LogP) is 3.44. The van der Waals surface area contributed by atoms with Crippen LogP contribution < -0.4 is 22.9 Å². The van der Waals surface area contributed by atoms with E-state index in [2.05, 4.69) is 0 Å². The highest BCUT2D eigenvalue weighted by Crippen LogP contribution is 2.13. The normalized spacial score (nSPS) is 8.70. The molecule has 0 bridgehead atoms. The number of nitrogens with two attached hydrogens (primary N) is 4. The smallest absolute Gasteiger partial charge is 0.101 e. The van der Waals surface area contributed by atoms with Gasteiger partial charge in [-0.25, -0.2) is 0 Å². The molecule has 3 rings (SSSR count). The maximum absolute atomic E-state index is 8.52. The van der Waals surface area contributed by atoms with Gasteiger partial charge in [0.05, 0.1) is 11.1 Å². The first-order chi connectivity index (χ1) is 12.9. The molecule has 0 saturated heterocycles. The minimum absolute atomic E-state index is 0.326. The first kappa shape index (κ1) is 20.9. The van der Waals surface area contributed by atoms with E-state index >= 15 is 0 Å². The van der Waals surface area contributed by atoms with Crippen molar-refractivity contribution in [1.29, 1.82) is 10.5 Å².